The third-order valence-electron chi connectivity index (χ3n) is 5.68. The van der Waals surface area contributed by atoms with Gasteiger partial charge in [-0.05, 0) is 79.9 Å². The lowest BCUT2D eigenvalue weighted by atomic mass is 10.1. The molecule has 0 spiro atoms. The van der Waals surface area contributed by atoms with Crippen molar-refractivity contribution >= 4 is 61.5 Å². The van der Waals surface area contributed by atoms with Gasteiger partial charge in [0.2, 0.25) is 0 Å². The molecular formula is C29H21BrN2O4S. The zero-order chi connectivity index (χ0) is 25.8. The highest BCUT2D eigenvalue weighted by Crippen LogP contribution is 2.39. The summed E-state index contributed by atoms with van der Waals surface area (Å²) in [5.41, 5.74) is 2.25. The molecule has 4 aromatic carbocycles. The topological polar surface area (TPSA) is 77.0 Å². The summed E-state index contributed by atoms with van der Waals surface area (Å²) in [5.74, 6) is 0.354. The third kappa shape index (κ3) is 5.60. The second kappa shape index (κ2) is 11.0. The summed E-state index contributed by atoms with van der Waals surface area (Å²) in [7, 11) is 1.57. The number of nitrogens with zero attached hydrogens (tertiary/aromatic N) is 1. The Hall–Kier alpha value is -3.88. The summed E-state index contributed by atoms with van der Waals surface area (Å²) in [4.78, 5) is 29.3. The van der Waals surface area contributed by atoms with E-state index in [1.54, 1.807) is 43.5 Å². The van der Waals surface area contributed by atoms with E-state index < -0.39 is 5.91 Å². The van der Waals surface area contributed by atoms with E-state index in [0.29, 0.717) is 33.0 Å². The number of fused-ring (bicyclic) bond motifs is 1. The molecule has 1 aliphatic rings. The minimum absolute atomic E-state index is 0.242. The summed E-state index contributed by atoms with van der Waals surface area (Å²) in [6.07, 6.45) is 1.72. The van der Waals surface area contributed by atoms with Gasteiger partial charge in [0, 0.05) is 5.56 Å². The number of carbonyl (C=O) groups excluding carboxylic acids is 2. The highest BCUT2D eigenvalue weighted by atomic mass is 79.9. The van der Waals surface area contributed by atoms with Crippen LogP contribution in [0.4, 0.5) is 0 Å². The maximum absolute atomic E-state index is 12.5. The molecule has 0 aliphatic carbocycles. The van der Waals surface area contributed by atoms with Gasteiger partial charge in [-0.25, -0.2) is 0 Å². The predicted molar refractivity (Wildman–Crippen MR) is 151 cm³/mol. The van der Waals surface area contributed by atoms with Crippen molar-refractivity contribution in [2.24, 2.45) is 4.99 Å². The van der Waals surface area contributed by atoms with Crippen LogP contribution in [-0.2, 0) is 11.4 Å². The van der Waals surface area contributed by atoms with Crippen molar-refractivity contribution in [3.63, 3.8) is 0 Å². The molecule has 0 atom stereocenters. The highest BCUT2D eigenvalue weighted by Gasteiger charge is 2.25. The molecule has 0 aromatic heterocycles. The van der Waals surface area contributed by atoms with Crippen LogP contribution >= 0.6 is 27.7 Å². The molecular weight excluding hydrogens is 552 g/mol. The molecule has 0 radical (unpaired) electrons. The van der Waals surface area contributed by atoms with E-state index in [-0.39, 0.29) is 11.1 Å². The number of hydrogen-bond donors (Lipinski definition) is 1. The molecule has 0 unspecified atom stereocenters. The Balaban J connectivity index is 1.35. The minimum Gasteiger partial charge on any atom is -0.493 e. The monoisotopic (exact) mass is 572 g/mol. The molecule has 1 aliphatic heterocycles. The summed E-state index contributed by atoms with van der Waals surface area (Å²) >= 11 is 4.70. The van der Waals surface area contributed by atoms with Gasteiger partial charge < -0.3 is 14.8 Å². The van der Waals surface area contributed by atoms with E-state index in [2.05, 4.69) is 44.4 Å². The molecule has 2 amide bonds. The van der Waals surface area contributed by atoms with Crippen molar-refractivity contribution in [1.82, 2.24) is 5.32 Å². The van der Waals surface area contributed by atoms with Crippen LogP contribution in [0.2, 0.25) is 0 Å². The molecule has 0 bridgehead atoms. The first-order valence-electron chi connectivity index (χ1n) is 11.4. The zero-order valence-electron chi connectivity index (χ0n) is 19.7. The van der Waals surface area contributed by atoms with E-state index >= 15 is 0 Å². The molecule has 1 heterocycles. The van der Waals surface area contributed by atoms with Crippen molar-refractivity contribution in [3.8, 4) is 11.5 Å². The quantitative estimate of drug-likeness (QED) is 0.264. The average Bonchev–Trinajstić information content (AvgIpc) is 3.26. The number of benzene rings is 4. The van der Waals surface area contributed by atoms with Crippen LogP contribution < -0.4 is 14.8 Å². The van der Waals surface area contributed by atoms with E-state index in [0.717, 1.165) is 33.7 Å². The predicted octanol–water partition coefficient (Wildman–Crippen LogP) is 6.59. The first kappa shape index (κ1) is 24.8. The van der Waals surface area contributed by atoms with Crippen molar-refractivity contribution in [2.75, 3.05) is 7.11 Å². The molecule has 4 aromatic rings. The number of amidine groups is 1. The van der Waals surface area contributed by atoms with Gasteiger partial charge in [-0.1, -0.05) is 60.7 Å². The standard InChI is InChI=1S/C29H21BrN2O4S/c1-35-24-15-18(16-25-28(34)32-29(37-25)31-27(33)20-9-3-2-4-10-20)14-23(30)26(24)36-17-21-12-7-11-19-8-5-6-13-22(19)21/h2-16H,17H2,1H3,(H,31,32,33,34)/b25-16-. The molecule has 1 N–H and O–H groups in total. The Morgan fingerprint density at radius 3 is 2.59 bits per heavy atom. The number of nitrogens with one attached hydrogen (secondary N) is 1. The molecule has 6 nitrogen and oxygen atoms in total. The van der Waals surface area contributed by atoms with Crippen molar-refractivity contribution in [3.05, 3.63) is 111 Å². The van der Waals surface area contributed by atoms with Crippen molar-refractivity contribution < 1.29 is 19.1 Å². The third-order valence-corrected chi connectivity index (χ3v) is 7.18. The fourth-order valence-corrected chi connectivity index (χ4v) is 5.29. The first-order chi connectivity index (χ1) is 18.0. The number of halogens is 1. The highest BCUT2D eigenvalue weighted by molar-refractivity contribution is 9.10. The summed E-state index contributed by atoms with van der Waals surface area (Å²) in [6, 6.07) is 26.7. The Kier molecular flexibility index (Phi) is 7.39. The fraction of sp³-hybridized carbons (Fsp3) is 0.0690. The molecule has 0 saturated carbocycles. The van der Waals surface area contributed by atoms with Crippen LogP contribution in [0.1, 0.15) is 21.5 Å². The maximum Gasteiger partial charge on any atom is 0.279 e. The molecule has 184 valence electrons. The Morgan fingerprint density at radius 1 is 1.03 bits per heavy atom. The van der Waals surface area contributed by atoms with E-state index in [4.69, 9.17) is 9.47 Å². The maximum atomic E-state index is 12.5. The lowest BCUT2D eigenvalue weighted by molar-refractivity contribution is -0.115. The summed E-state index contributed by atoms with van der Waals surface area (Å²) < 4.78 is 12.5. The van der Waals surface area contributed by atoms with Gasteiger partial charge in [-0.2, -0.15) is 4.99 Å². The number of methoxy groups -OCH3 is 1. The minimum atomic E-state index is -0.415. The molecule has 5 rings (SSSR count). The normalized spacial score (nSPS) is 15.2. The number of ether oxygens (including phenoxy) is 2. The van der Waals surface area contributed by atoms with Gasteiger partial charge in [0.25, 0.3) is 11.8 Å². The van der Waals surface area contributed by atoms with E-state index in [9.17, 15) is 9.59 Å². The lowest BCUT2D eigenvalue weighted by Crippen LogP contribution is -2.20. The molecule has 37 heavy (non-hydrogen) atoms. The SMILES string of the molecule is COc1cc(/C=C2\SC(=NC(=O)c3ccccc3)NC2=O)cc(Br)c1OCc1cccc2ccccc12. The van der Waals surface area contributed by atoms with Gasteiger partial charge in [0.05, 0.1) is 16.5 Å². The van der Waals surface area contributed by atoms with Crippen LogP contribution in [0.5, 0.6) is 11.5 Å². The molecule has 1 fully saturated rings. The van der Waals surface area contributed by atoms with Gasteiger partial charge in [-0.15, -0.1) is 0 Å². The van der Waals surface area contributed by atoms with Gasteiger partial charge in [0.15, 0.2) is 16.7 Å². The van der Waals surface area contributed by atoms with E-state index in [1.165, 1.54) is 0 Å². The first-order valence-corrected chi connectivity index (χ1v) is 13.0. The Morgan fingerprint density at radius 2 is 1.78 bits per heavy atom. The number of aliphatic imine (C=N–C) groups is 1. The summed E-state index contributed by atoms with van der Waals surface area (Å²) in [6.45, 7) is 0.365. The number of carbonyl (C=O) groups is 2. The second-order valence-electron chi connectivity index (χ2n) is 8.11. The van der Waals surface area contributed by atoms with Crippen LogP contribution in [0.25, 0.3) is 16.8 Å². The fourth-order valence-electron chi connectivity index (χ4n) is 3.90. The Labute approximate surface area is 226 Å². The van der Waals surface area contributed by atoms with Crippen LogP contribution in [0, 0.1) is 0 Å². The van der Waals surface area contributed by atoms with Crippen LogP contribution in [0.15, 0.2) is 99.3 Å². The van der Waals surface area contributed by atoms with Gasteiger partial charge in [0.1, 0.15) is 6.61 Å². The smallest absolute Gasteiger partial charge is 0.279 e. The second-order valence-corrected chi connectivity index (χ2v) is 10.00. The van der Waals surface area contributed by atoms with Gasteiger partial charge in [-0.3, -0.25) is 9.59 Å². The van der Waals surface area contributed by atoms with Gasteiger partial charge >= 0.3 is 0 Å². The number of hydrogen-bond acceptors (Lipinski definition) is 5. The number of amides is 2. The van der Waals surface area contributed by atoms with Crippen molar-refractivity contribution in [2.45, 2.75) is 6.61 Å². The van der Waals surface area contributed by atoms with Crippen LogP contribution in [0.3, 0.4) is 0 Å². The lowest BCUT2D eigenvalue weighted by Gasteiger charge is -2.15. The Bertz CT molecular complexity index is 1560. The van der Waals surface area contributed by atoms with Crippen molar-refractivity contribution in [1.29, 1.82) is 0 Å². The average molecular weight is 573 g/mol. The molecule has 1 saturated heterocycles. The summed E-state index contributed by atoms with van der Waals surface area (Å²) in [5, 5.41) is 5.18. The number of thioether (sulfide) groups is 1. The largest absolute Gasteiger partial charge is 0.493 e. The van der Waals surface area contributed by atoms with Crippen LogP contribution in [-0.4, -0.2) is 24.1 Å². The number of rotatable bonds is 6. The molecule has 8 heteroatoms. The zero-order valence-corrected chi connectivity index (χ0v) is 22.1. The van der Waals surface area contributed by atoms with E-state index in [1.807, 2.05) is 36.4 Å².